The maximum atomic E-state index is 6.23. The highest BCUT2D eigenvalue weighted by Gasteiger charge is 2.07. The van der Waals surface area contributed by atoms with Crippen molar-refractivity contribution in [2.75, 3.05) is 0 Å². The van der Waals surface area contributed by atoms with E-state index in [2.05, 4.69) is 30.2 Å². The summed E-state index contributed by atoms with van der Waals surface area (Å²) in [5.41, 5.74) is 3.02. The number of hydrogen-bond donors (Lipinski definition) is 1. The molecule has 0 spiro atoms. The topological polar surface area (TPSA) is 24.9 Å². The van der Waals surface area contributed by atoms with Gasteiger partial charge in [0.05, 0.1) is 10.0 Å². The van der Waals surface area contributed by atoms with Crippen LogP contribution in [-0.4, -0.2) is 11.0 Å². The zero-order valence-corrected chi connectivity index (χ0v) is 12.5. The summed E-state index contributed by atoms with van der Waals surface area (Å²) in [5, 5.41) is 4.50. The molecule has 19 heavy (non-hydrogen) atoms. The molecule has 0 aliphatic rings. The van der Waals surface area contributed by atoms with Crippen molar-refractivity contribution in [2.45, 2.75) is 26.4 Å². The summed E-state index contributed by atoms with van der Waals surface area (Å²) in [7, 11) is 0. The molecule has 0 radical (unpaired) electrons. The van der Waals surface area contributed by atoms with E-state index in [1.54, 1.807) is 12.3 Å². The fraction of sp³-hybridized carbons (Fsp3) is 0.267. The van der Waals surface area contributed by atoms with Gasteiger partial charge in [-0.05, 0) is 17.7 Å². The van der Waals surface area contributed by atoms with Gasteiger partial charge in [0.1, 0.15) is 0 Å². The summed E-state index contributed by atoms with van der Waals surface area (Å²) in [5.74, 6) is 0. The van der Waals surface area contributed by atoms with Crippen LogP contribution in [0.4, 0.5) is 0 Å². The molecule has 0 saturated carbocycles. The van der Waals surface area contributed by atoms with Crippen molar-refractivity contribution >= 4 is 23.2 Å². The molecule has 0 saturated heterocycles. The van der Waals surface area contributed by atoms with Gasteiger partial charge in [0.2, 0.25) is 0 Å². The molecule has 4 heteroatoms. The molecule has 0 fully saturated rings. The third-order valence-corrected chi connectivity index (χ3v) is 3.59. The molecule has 0 atom stereocenters. The molecule has 2 rings (SSSR count). The van der Waals surface area contributed by atoms with Gasteiger partial charge in [-0.1, -0.05) is 49.2 Å². The number of halogens is 2. The molecule has 0 amide bonds. The van der Waals surface area contributed by atoms with Crippen LogP contribution in [0.5, 0.6) is 0 Å². The Kier molecular flexibility index (Phi) is 4.81. The lowest BCUT2D eigenvalue weighted by Crippen LogP contribution is -2.21. The molecule has 0 bridgehead atoms. The summed E-state index contributed by atoms with van der Waals surface area (Å²) < 4.78 is 0. The molecule has 0 unspecified atom stereocenters. The zero-order chi connectivity index (χ0) is 13.8. The quantitative estimate of drug-likeness (QED) is 0.894. The third-order valence-electron chi connectivity index (χ3n) is 2.77. The van der Waals surface area contributed by atoms with Gasteiger partial charge in [0, 0.05) is 36.1 Å². The Balaban J connectivity index is 2.30. The second-order valence-electron chi connectivity index (χ2n) is 4.72. The van der Waals surface area contributed by atoms with Gasteiger partial charge in [0.25, 0.3) is 0 Å². The first-order valence-corrected chi connectivity index (χ1v) is 6.95. The monoisotopic (exact) mass is 294 g/mol. The number of pyridine rings is 1. The molecule has 0 aliphatic heterocycles. The smallest absolute Gasteiger partial charge is 0.0671 e. The van der Waals surface area contributed by atoms with Crippen LogP contribution in [0, 0.1) is 0 Å². The summed E-state index contributed by atoms with van der Waals surface area (Å²) in [6.07, 6.45) is 3.66. The van der Waals surface area contributed by atoms with E-state index in [1.807, 2.05) is 18.3 Å². The summed E-state index contributed by atoms with van der Waals surface area (Å²) in [4.78, 5) is 4.27. The number of aromatic nitrogens is 1. The van der Waals surface area contributed by atoms with E-state index in [0.717, 1.165) is 23.2 Å². The summed E-state index contributed by atoms with van der Waals surface area (Å²) >= 11 is 12.3. The van der Waals surface area contributed by atoms with Crippen LogP contribution in [-0.2, 0) is 6.54 Å². The molecule has 2 aromatic rings. The Bertz CT molecular complexity index is 568. The highest BCUT2D eigenvalue weighted by molar-refractivity contribution is 6.43. The van der Waals surface area contributed by atoms with E-state index in [-0.39, 0.29) is 0 Å². The predicted octanol–water partition coefficient (Wildman–Crippen LogP) is 4.55. The van der Waals surface area contributed by atoms with Gasteiger partial charge in [-0.25, -0.2) is 0 Å². The zero-order valence-electron chi connectivity index (χ0n) is 11.0. The number of nitrogens with one attached hydrogen (secondary N) is 1. The van der Waals surface area contributed by atoms with Gasteiger partial charge in [-0.3, -0.25) is 4.98 Å². The lowest BCUT2D eigenvalue weighted by molar-refractivity contribution is 0.588. The minimum absolute atomic E-state index is 0.443. The molecular formula is C15H16Cl2N2. The van der Waals surface area contributed by atoms with Crippen LogP contribution in [0.15, 0.2) is 36.7 Å². The van der Waals surface area contributed by atoms with E-state index in [9.17, 15) is 0 Å². The Labute approximate surface area is 123 Å². The number of hydrogen-bond acceptors (Lipinski definition) is 2. The van der Waals surface area contributed by atoms with Crippen molar-refractivity contribution < 1.29 is 0 Å². The first-order valence-electron chi connectivity index (χ1n) is 6.19. The Hall–Kier alpha value is -1.09. The molecule has 1 heterocycles. The van der Waals surface area contributed by atoms with E-state index in [4.69, 9.17) is 23.2 Å². The van der Waals surface area contributed by atoms with Gasteiger partial charge >= 0.3 is 0 Å². The number of rotatable bonds is 4. The molecule has 0 aliphatic carbocycles. The summed E-state index contributed by atoms with van der Waals surface area (Å²) in [6.45, 7) is 5.02. The SMILES string of the molecule is CC(C)NCc1cncc(-c2cccc(Cl)c2Cl)c1. The molecule has 2 nitrogen and oxygen atoms in total. The summed E-state index contributed by atoms with van der Waals surface area (Å²) in [6, 6.07) is 8.15. The Morgan fingerprint density at radius 3 is 2.74 bits per heavy atom. The fourth-order valence-electron chi connectivity index (χ4n) is 1.78. The lowest BCUT2D eigenvalue weighted by atomic mass is 10.1. The van der Waals surface area contributed by atoms with Crippen molar-refractivity contribution in [1.82, 2.24) is 10.3 Å². The maximum Gasteiger partial charge on any atom is 0.0671 e. The average Bonchev–Trinajstić information content (AvgIpc) is 2.40. The second-order valence-corrected chi connectivity index (χ2v) is 5.50. The second kappa shape index (κ2) is 6.38. The van der Waals surface area contributed by atoms with Crippen LogP contribution in [0.25, 0.3) is 11.1 Å². The van der Waals surface area contributed by atoms with Gasteiger partial charge in [0.15, 0.2) is 0 Å². The van der Waals surface area contributed by atoms with E-state index < -0.39 is 0 Å². The fourth-order valence-corrected chi connectivity index (χ4v) is 2.19. The van der Waals surface area contributed by atoms with Gasteiger partial charge in [-0.2, -0.15) is 0 Å². The van der Waals surface area contributed by atoms with Crippen molar-refractivity contribution in [3.8, 4) is 11.1 Å². The minimum atomic E-state index is 0.443. The Morgan fingerprint density at radius 1 is 1.21 bits per heavy atom. The molecule has 1 aromatic heterocycles. The molecular weight excluding hydrogens is 279 g/mol. The van der Waals surface area contributed by atoms with Gasteiger partial charge in [-0.15, -0.1) is 0 Å². The van der Waals surface area contributed by atoms with E-state index in [1.165, 1.54) is 0 Å². The van der Waals surface area contributed by atoms with Crippen LogP contribution in [0.1, 0.15) is 19.4 Å². The Morgan fingerprint density at radius 2 is 2.00 bits per heavy atom. The lowest BCUT2D eigenvalue weighted by Gasteiger charge is -2.10. The van der Waals surface area contributed by atoms with Gasteiger partial charge < -0.3 is 5.32 Å². The van der Waals surface area contributed by atoms with Crippen molar-refractivity contribution in [1.29, 1.82) is 0 Å². The first-order chi connectivity index (χ1) is 9.08. The van der Waals surface area contributed by atoms with E-state index >= 15 is 0 Å². The third kappa shape index (κ3) is 3.69. The van der Waals surface area contributed by atoms with Crippen LogP contribution >= 0.6 is 23.2 Å². The van der Waals surface area contributed by atoms with Crippen LogP contribution in [0.2, 0.25) is 10.0 Å². The van der Waals surface area contributed by atoms with Crippen LogP contribution in [0.3, 0.4) is 0 Å². The predicted molar refractivity (Wildman–Crippen MR) is 81.7 cm³/mol. The minimum Gasteiger partial charge on any atom is -0.310 e. The van der Waals surface area contributed by atoms with E-state index in [0.29, 0.717) is 16.1 Å². The number of nitrogens with zero attached hydrogens (tertiary/aromatic N) is 1. The average molecular weight is 295 g/mol. The molecule has 1 N–H and O–H groups in total. The highest BCUT2D eigenvalue weighted by Crippen LogP contribution is 2.33. The normalized spacial score (nSPS) is 11.0. The first kappa shape index (κ1) is 14.3. The molecule has 100 valence electrons. The van der Waals surface area contributed by atoms with Crippen LogP contribution < -0.4 is 5.32 Å². The molecule has 1 aromatic carbocycles. The number of benzene rings is 1. The maximum absolute atomic E-state index is 6.23. The standard InChI is InChI=1S/C15H16Cl2N2/c1-10(2)19-8-11-6-12(9-18-7-11)13-4-3-5-14(16)15(13)17/h3-7,9-10,19H,8H2,1-2H3. The van der Waals surface area contributed by atoms with Crippen molar-refractivity contribution in [3.63, 3.8) is 0 Å². The van der Waals surface area contributed by atoms with Crippen molar-refractivity contribution in [2.24, 2.45) is 0 Å². The largest absolute Gasteiger partial charge is 0.310 e. The van der Waals surface area contributed by atoms with Crippen molar-refractivity contribution in [3.05, 3.63) is 52.3 Å². The highest BCUT2D eigenvalue weighted by atomic mass is 35.5.